The maximum Gasteiger partial charge on any atom is 0.317 e. The molecule has 26 heavy (non-hydrogen) atoms. The van der Waals surface area contributed by atoms with E-state index in [2.05, 4.69) is 45.4 Å². The molecule has 0 spiro atoms. The smallest absolute Gasteiger partial charge is 0.317 e. The van der Waals surface area contributed by atoms with E-state index in [0.29, 0.717) is 0 Å². The number of carbonyl (C=O) groups is 1. The Morgan fingerprint density at radius 3 is 2.27 bits per heavy atom. The van der Waals surface area contributed by atoms with Gasteiger partial charge in [-0.1, -0.05) is 36.8 Å². The molecule has 5 nitrogen and oxygen atoms in total. The molecule has 2 saturated heterocycles. The van der Waals surface area contributed by atoms with Crippen LogP contribution >= 0.6 is 0 Å². The van der Waals surface area contributed by atoms with Gasteiger partial charge in [-0.2, -0.15) is 0 Å². The van der Waals surface area contributed by atoms with Crippen LogP contribution in [0.4, 0.5) is 4.79 Å². The van der Waals surface area contributed by atoms with Gasteiger partial charge in [0, 0.05) is 39.3 Å². The molecule has 0 aromatic heterocycles. The minimum atomic E-state index is 0.117. The minimum Gasteiger partial charge on any atom is -0.338 e. The fourth-order valence-electron chi connectivity index (χ4n) is 3.90. The first-order valence-electron chi connectivity index (χ1n) is 10.3. The van der Waals surface area contributed by atoms with Gasteiger partial charge in [0.1, 0.15) is 0 Å². The number of carbonyl (C=O) groups excluding carboxylic acids is 1. The van der Waals surface area contributed by atoms with E-state index in [0.717, 1.165) is 58.7 Å². The Morgan fingerprint density at radius 2 is 1.54 bits per heavy atom. The molecule has 3 rings (SSSR count). The van der Waals surface area contributed by atoms with E-state index in [1.54, 1.807) is 0 Å². The lowest BCUT2D eigenvalue weighted by Gasteiger charge is -2.34. The van der Waals surface area contributed by atoms with Crippen LogP contribution in [-0.2, 0) is 6.42 Å². The summed E-state index contributed by atoms with van der Waals surface area (Å²) in [6.45, 7) is 9.10. The van der Waals surface area contributed by atoms with Crippen LogP contribution in [0.15, 0.2) is 30.3 Å². The molecule has 0 radical (unpaired) electrons. The number of piperazine rings is 1. The number of amides is 2. The van der Waals surface area contributed by atoms with E-state index >= 15 is 0 Å². The first-order valence-corrected chi connectivity index (χ1v) is 10.3. The molecular weight excluding hydrogens is 324 g/mol. The van der Waals surface area contributed by atoms with Crippen LogP contribution in [0.2, 0.25) is 0 Å². The fourth-order valence-corrected chi connectivity index (χ4v) is 3.90. The summed E-state index contributed by atoms with van der Waals surface area (Å²) < 4.78 is 0. The van der Waals surface area contributed by atoms with Gasteiger partial charge in [-0.05, 0) is 50.9 Å². The van der Waals surface area contributed by atoms with Crippen LogP contribution in [0.1, 0.15) is 31.2 Å². The van der Waals surface area contributed by atoms with Gasteiger partial charge in [-0.25, -0.2) is 4.79 Å². The summed E-state index contributed by atoms with van der Waals surface area (Å²) in [4.78, 5) is 19.3. The van der Waals surface area contributed by atoms with Crippen molar-refractivity contribution in [2.75, 3.05) is 58.9 Å². The third-order valence-electron chi connectivity index (χ3n) is 5.60. The van der Waals surface area contributed by atoms with Crippen molar-refractivity contribution < 1.29 is 4.79 Å². The average molecular weight is 359 g/mol. The van der Waals surface area contributed by atoms with Crippen LogP contribution in [0.3, 0.4) is 0 Å². The fraction of sp³-hybridized carbons (Fsp3) is 0.667. The predicted molar refractivity (Wildman–Crippen MR) is 106 cm³/mol. The highest BCUT2D eigenvalue weighted by molar-refractivity contribution is 5.74. The number of likely N-dealkylation sites (tertiary alicyclic amines) is 1. The van der Waals surface area contributed by atoms with E-state index < -0.39 is 0 Å². The molecule has 2 heterocycles. The molecule has 0 saturated carbocycles. The van der Waals surface area contributed by atoms with E-state index in [9.17, 15) is 4.79 Å². The lowest BCUT2D eigenvalue weighted by molar-refractivity contribution is 0.139. The first-order chi connectivity index (χ1) is 12.8. The molecule has 2 aliphatic heterocycles. The molecule has 0 atom stereocenters. The standard InChI is InChI=1S/C21H34N4O/c26-21(22-11-7-14-23-12-5-2-6-13-23)25-18-16-24(17-19-25)15-10-20-8-3-1-4-9-20/h1,3-4,8-9H,2,5-7,10-19H2,(H,22,26). The lowest BCUT2D eigenvalue weighted by Crippen LogP contribution is -2.52. The molecule has 5 heteroatoms. The van der Waals surface area contributed by atoms with Crippen molar-refractivity contribution in [2.45, 2.75) is 32.1 Å². The van der Waals surface area contributed by atoms with Gasteiger partial charge in [-0.3, -0.25) is 4.90 Å². The average Bonchev–Trinajstić information content (AvgIpc) is 2.71. The van der Waals surface area contributed by atoms with Gasteiger partial charge in [0.05, 0.1) is 0 Å². The Kier molecular flexibility index (Phi) is 7.77. The zero-order valence-corrected chi connectivity index (χ0v) is 16.0. The normalized spacial score (nSPS) is 19.5. The summed E-state index contributed by atoms with van der Waals surface area (Å²) in [5, 5.41) is 3.11. The summed E-state index contributed by atoms with van der Waals surface area (Å²) >= 11 is 0. The number of nitrogens with one attached hydrogen (secondary N) is 1. The van der Waals surface area contributed by atoms with Crippen molar-refractivity contribution >= 4 is 6.03 Å². The largest absolute Gasteiger partial charge is 0.338 e. The molecule has 144 valence electrons. The number of rotatable bonds is 7. The maximum atomic E-state index is 12.3. The summed E-state index contributed by atoms with van der Waals surface area (Å²) in [5.74, 6) is 0. The molecular formula is C21H34N4O. The zero-order valence-electron chi connectivity index (χ0n) is 16.0. The van der Waals surface area contributed by atoms with E-state index in [1.165, 1.54) is 37.9 Å². The molecule has 2 aliphatic rings. The Labute approximate surface area is 158 Å². The first kappa shape index (κ1) is 19.2. The third kappa shape index (κ3) is 6.29. The quantitative estimate of drug-likeness (QED) is 0.761. The highest BCUT2D eigenvalue weighted by Gasteiger charge is 2.20. The third-order valence-corrected chi connectivity index (χ3v) is 5.60. The second kappa shape index (κ2) is 10.5. The van der Waals surface area contributed by atoms with Crippen LogP contribution in [0, 0.1) is 0 Å². The van der Waals surface area contributed by atoms with Gasteiger partial charge >= 0.3 is 6.03 Å². The summed E-state index contributed by atoms with van der Waals surface area (Å²) in [7, 11) is 0. The molecule has 0 aliphatic carbocycles. The highest BCUT2D eigenvalue weighted by atomic mass is 16.2. The van der Waals surface area contributed by atoms with Gasteiger partial charge in [0.15, 0.2) is 0 Å². The van der Waals surface area contributed by atoms with Crippen LogP contribution in [0.25, 0.3) is 0 Å². The van der Waals surface area contributed by atoms with E-state index in [-0.39, 0.29) is 6.03 Å². The van der Waals surface area contributed by atoms with Crippen molar-refractivity contribution in [1.29, 1.82) is 0 Å². The van der Waals surface area contributed by atoms with Crippen molar-refractivity contribution in [3.8, 4) is 0 Å². The van der Waals surface area contributed by atoms with E-state index in [4.69, 9.17) is 0 Å². The Bertz CT molecular complexity index is 522. The molecule has 1 aromatic rings. The van der Waals surface area contributed by atoms with Crippen molar-refractivity contribution in [1.82, 2.24) is 20.0 Å². The van der Waals surface area contributed by atoms with Crippen molar-refractivity contribution in [3.05, 3.63) is 35.9 Å². The molecule has 0 unspecified atom stereocenters. The van der Waals surface area contributed by atoms with Crippen molar-refractivity contribution in [2.24, 2.45) is 0 Å². The number of hydrogen-bond acceptors (Lipinski definition) is 3. The number of benzene rings is 1. The number of hydrogen-bond donors (Lipinski definition) is 1. The van der Waals surface area contributed by atoms with Gasteiger partial charge in [-0.15, -0.1) is 0 Å². The second-order valence-corrected chi connectivity index (χ2v) is 7.55. The lowest BCUT2D eigenvalue weighted by atomic mass is 10.1. The zero-order chi connectivity index (χ0) is 18.0. The van der Waals surface area contributed by atoms with Crippen LogP contribution in [-0.4, -0.2) is 79.6 Å². The van der Waals surface area contributed by atoms with Gasteiger partial charge in [0.2, 0.25) is 0 Å². The topological polar surface area (TPSA) is 38.8 Å². The van der Waals surface area contributed by atoms with Crippen LogP contribution in [0.5, 0.6) is 0 Å². The molecule has 0 bridgehead atoms. The van der Waals surface area contributed by atoms with E-state index in [1.807, 2.05) is 4.90 Å². The second-order valence-electron chi connectivity index (χ2n) is 7.55. The maximum absolute atomic E-state index is 12.3. The minimum absolute atomic E-state index is 0.117. The molecule has 1 aromatic carbocycles. The number of urea groups is 1. The van der Waals surface area contributed by atoms with Gasteiger partial charge < -0.3 is 15.1 Å². The van der Waals surface area contributed by atoms with Gasteiger partial charge in [0.25, 0.3) is 0 Å². The summed E-state index contributed by atoms with van der Waals surface area (Å²) in [6, 6.07) is 10.8. The predicted octanol–water partition coefficient (Wildman–Crippen LogP) is 2.43. The monoisotopic (exact) mass is 358 g/mol. The molecule has 2 amide bonds. The highest BCUT2D eigenvalue weighted by Crippen LogP contribution is 2.09. The SMILES string of the molecule is O=C(NCCCN1CCCCC1)N1CCN(CCc2ccccc2)CC1. The number of piperidine rings is 1. The van der Waals surface area contributed by atoms with Crippen LogP contribution < -0.4 is 5.32 Å². The van der Waals surface area contributed by atoms with Crippen molar-refractivity contribution in [3.63, 3.8) is 0 Å². The molecule has 1 N–H and O–H groups in total. The Balaban J connectivity index is 1.26. The summed E-state index contributed by atoms with van der Waals surface area (Å²) in [6.07, 6.45) is 6.19. The number of nitrogens with zero attached hydrogens (tertiary/aromatic N) is 3. The Hall–Kier alpha value is -1.59. The summed E-state index contributed by atoms with van der Waals surface area (Å²) in [5.41, 5.74) is 1.39. The molecule has 2 fully saturated rings. The Morgan fingerprint density at radius 1 is 0.846 bits per heavy atom.